The van der Waals surface area contributed by atoms with Gasteiger partial charge < -0.3 is 10.0 Å². The van der Waals surface area contributed by atoms with E-state index in [1.165, 1.54) is 6.42 Å². The second-order valence-corrected chi connectivity index (χ2v) is 5.77. The number of amides is 1. The normalized spacial score (nSPS) is 22.9. The molecule has 0 spiro atoms. The van der Waals surface area contributed by atoms with Gasteiger partial charge in [-0.05, 0) is 32.7 Å². The molecule has 1 amide bonds. The van der Waals surface area contributed by atoms with Gasteiger partial charge in [0.15, 0.2) is 0 Å². The average Bonchev–Trinajstić information content (AvgIpc) is 2.76. The molecule has 1 saturated carbocycles. The van der Waals surface area contributed by atoms with Gasteiger partial charge in [-0.3, -0.25) is 9.69 Å². The molecule has 0 aromatic heterocycles. The molecule has 0 bridgehead atoms. The summed E-state index contributed by atoms with van der Waals surface area (Å²) in [4.78, 5) is 16.0. The van der Waals surface area contributed by atoms with E-state index in [0.717, 1.165) is 45.3 Å². The number of rotatable bonds is 5. The molecule has 1 heterocycles. The smallest absolute Gasteiger partial charge is 0.236 e. The Balaban J connectivity index is 1.76. The first-order chi connectivity index (χ1) is 8.15. The number of carbonyl (C=O) groups excluding carboxylic acids is 1. The van der Waals surface area contributed by atoms with Crippen LogP contribution in [0.2, 0.25) is 0 Å². The largest absolute Gasteiger partial charge is 0.396 e. The lowest BCUT2D eigenvalue weighted by Crippen LogP contribution is -2.46. The van der Waals surface area contributed by atoms with E-state index >= 15 is 0 Å². The zero-order chi connectivity index (χ0) is 12.3. The van der Waals surface area contributed by atoms with Crippen LogP contribution in [0.25, 0.3) is 0 Å². The molecule has 0 aromatic rings. The van der Waals surface area contributed by atoms with Crippen molar-refractivity contribution in [3.8, 4) is 0 Å². The average molecular weight is 240 g/mol. The van der Waals surface area contributed by atoms with E-state index < -0.39 is 0 Å². The maximum atomic E-state index is 12.0. The Kier molecular flexibility index (Phi) is 4.05. The minimum absolute atomic E-state index is 0.0834. The zero-order valence-corrected chi connectivity index (χ0v) is 10.8. The second-order valence-electron chi connectivity index (χ2n) is 5.77. The first-order valence-electron chi connectivity index (χ1n) is 6.72. The third-order valence-electron chi connectivity index (χ3n) is 4.22. The number of likely N-dealkylation sites (tertiary alicyclic amines) is 1. The first kappa shape index (κ1) is 12.8. The summed E-state index contributed by atoms with van der Waals surface area (Å²) in [6, 6.07) is 0. The van der Waals surface area contributed by atoms with Crippen LogP contribution in [0, 0.1) is 5.41 Å². The molecular formula is C13H24N2O2. The molecule has 1 N–H and O–H groups in total. The molecule has 0 radical (unpaired) electrons. The minimum Gasteiger partial charge on any atom is -0.396 e. The standard InChI is InChI=1S/C13H24N2O2/c1-14(10-13(11-16)5-4-6-13)9-12(17)15-7-2-3-8-15/h16H,2-11H2,1H3. The third kappa shape index (κ3) is 2.99. The van der Waals surface area contributed by atoms with Gasteiger partial charge in [0.25, 0.3) is 0 Å². The predicted octanol–water partition coefficient (Wildman–Crippen LogP) is 0.703. The van der Waals surface area contributed by atoms with Crippen LogP contribution >= 0.6 is 0 Å². The highest BCUT2D eigenvalue weighted by Crippen LogP contribution is 2.40. The molecule has 1 saturated heterocycles. The van der Waals surface area contributed by atoms with Gasteiger partial charge >= 0.3 is 0 Å². The molecule has 2 aliphatic rings. The number of likely N-dealkylation sites (N-methyl/N-ethyl adjacent to an activating group) is 1. The van der Waals surface area contributed by atoms with Crippen molar-refractivity contribution in [3.05, 3.63) is 0 Å². The van der Waals surface area contributed by atoms with Crippen molar-refractivity contribution in [2.24, 2.45) is 5.41 Å². The lowest BCUT2D eigenvalue weighted by atomic mass is 9.69. The van der Waals surface area contributed by atoms with Crippen molar-refractivity contribution >= 4 is 5.91 Å². The SMILES string of the molecule is CN(CC(=O)N1CCCC1)CC1(CO)CCC1. The Hall–Kier alpha value is -0.610. The topological polar surface area (TPSA) is 43.8 Å². The van der Waals surface area contributed by atoms with E-state index in [2.05, 4.69) is 4.90 Å². The first-order valence-corrected chi connectivity index (χ1v) is 6.72. The fraction of sp³-hybridized carbons (Fsp3) is 0.923. The van der Waals surface area contributed by atoms with Gasteiger partial charge in [-0.25, -0.2) is 0 Å². The van der Waals surface area contributed by atoms with Crippen molar-refractivity contribution in [1.29, 1.82) is 0 Å². The monoisotopic (exact) mass is 240 g/mol. The molecule has 1 aliphatic heterocycles. The fourth-order valence-corrected chi connectivity index (χ4v) is 2.97. The Morgan fingerprint density at radius 3 is 2.41 bits per heavy atom. The van der Waals surface area contributed by atoms with E-state index in [4.69, 9.17) is 0 Å². The molecule has 2 rings (SSSR count). The minimum atomic E-state index is 0.0834. The Labute approximate surface area is 104 Å². The van der Waals surface area contributed by atoms with Crippen molar-refractivity contribution in [2.75, 3.05) is 39.8 Å². The van der Waals surface area contributed by atoms with Crippen molar-refractivity contribution in [2.45, 2.75) is 32.1 Å². The van der Waals surface area contributed by atoms with Crippen molar-refractivity contribution in [1.82, 2.24) is 9.80 Å². The summed E-state index contributed by atoms with van der Waals surface area (Å²) in [7, 11) is 1.99. The van der Waals surface area contributed by atoms with Crippen LogP contribution in [0.3, 0.4) is 0 Å². The Morgan fingerprint density at radius 1 is 1.29 bits per heavy atom. The molecule has 4 heteroatoms. The maximum absolute atomic E-state index is 12.0. The summed E-state index contributed by atoms with van der Waals surface area (Å²) < 4.78 is 0. The number of aliphatic hydroxyl groups excluding tert-OH is 1. The van der Waals surface area contributed by atoms with Crippen LogP contribution in [-0.4, -0.2) is 60.6 Å². The lowest BCUT2D eigenvalue weighted by molar-refractivity contribution is -0.131. The predicted molar refractivity (Wildman–Crippen MR) is 66.7 cm³/mol. The van der Waals surface area contributed by atoms with Crippen LogP contribution in [0.4, 0.5) is 0 Å². The van der Waals surface area contributed by atoms with Gasteiger partial charge in [0, 0.05) is 31.7 Å². The molecule has 98 valence electrons. The molecule has 4 nitrogen and oxygen atoms in total. The molecule has 0 atom stereocenters. The summed E-state index contributed by atoms with van der Waals surface area (Å²) in [6.45, 7) is 3.47. The molecule has 0 aromatic carbocycles. The van der Waals surface area contributed by atoms with E-state index in [9.17, 15) is 9.90 Å². The summed E-state index contributed by atoms with van der Waals surface area (Å²) in [6.07, 6.45) is 5.72. The molecular weight excluding hydrogens is 216 g/mol. The van der Waals surface area contributed by atoms with Gasteiger partial charge in [0.2, 0.25) is 5.91 Å². The maximum Gasteiger partial charge on any atom is 0.236 e. The highest BCUT2D eigenvalue weighted by Gasteiger charge is 2.37. The van der Waals surface area contributed by atoms with E-state index in [-0.39, 0.29) is 17.9 Å². The summed E-state index contributed by atoms with van der Waals surface area (Å²) in [5.41, 5.74) is 0.0834. The van der Waals surface area contributed by atoms with Gasteiger partial charge in [-0.2, -0.15) is 0 Å². The lowest BCUT2D eigenvalue weighted by Gasteiger charge is -2.43. The molecule has 0 unspecified atom stereocenters. The number of carbonyl (C=O) groups is 1. The van der Waals surface area contributed by atoms with Gasteiger partial charge in [0.05, 0.1) is 6.54 Å². The second kappa shape index (κ2) is 5.36. The van der Waals surface area contributed by atoms with Crippen molar-refractivity contribution < 1.29 is 9.90 Å². The number of nitrogens with zero attached hydrogens (tertiary/aromatic N) is 2. The van der Waals surface area contributed by atoms with Crippen LogP contribution in [0.1, 0.15) is 32.1 Å². The Morgan fingerprint density at radius 2 is 1.94 bits per heavy atom. The number of aliphatic hydroxyl groups is 1. The van der Waals surface area contributed by atoms with Crippen LogP contribution in [0.5, 0.6) is 0 Å². The van der Waals surface area contributed by atoms with Gasteiger partial charge in [-0.1, -0.05) is 6.42 Å². The zero-order valence-electron chi connectivity index (χ0n) is 10.8. The summed E-state index contributed by atoms with van der Waals surface area (Å²) in [5.74, 6) is 0.248. The van der Waals surface area contributed by atoms with E-state index in [0.29, 0.717) is 6.54 Å². The Bertz CT molecular complexity index is 265. The summed E-state index contributed by atoms with van der Waals surface area (Å²) in [5, 5.41) is 9.41. The van der Waals surface area contributed by atoms with Crippen LogP contribution < -0.4 is 0 Å². The molecule has 17 heavy (non-hydrogen) atoms. The highest BCUT2D eigenvalue weighted by molar-refractivity contribution is 5.78. The summed E-state index contributed by atoms with van der Waals surface area (Å²) >= 11 is 0. The quantitative estimate of drug-likeness (QED) is 0.769. The van der Waals surface area contributed by atoms with Crippen LogP contribution in [0.15, 0.2) is 0 Å². The molecule has 2 fully saturated rings. The van der Waals surface area contributed by atoms with E-state index in [1.807, 2.05) is 11.9 Å². The fourth-order valence-electron chi connectivity index (χ4n) is 2.97. The van der Waals surface area contributed by atoms with Crippen molar-refractivity contribution in [3.63, 3.8) is 0 Å². The molecule has 1 aliphatic carbocycles. The third-order valence-corrected chi connectivity index (χ3v) is 4.22. The van der Waals surface area contributed by atoms with E-state index in [1.54, 1.807) is 0 Å². The number of hydrogen-bond donors (Lipinski definition) is 1. The highest BCUT2D eigenvalue weighted by atomic mass is 16.3. The number of hydrogen-bond acceptors (Lipinski definition) is 3. The van der Waals surface area contributed by atoms with Gasteiger partial charge in [0.1, 0.15) is 0 Å². The van der Waals surface area contributed by atoms with Gasteiger partial charge in [-0.15, -0.1) is 0 Å². The van der Waals surface area contributed by atoms with Crippen LogP contribution in [-0.2, 0) is 4.79 Å².